The van der Waals surface area contributed by atoms with E-state index in [0.717, 1.165) is 5.56 Å². The molecule has 2 N–H and O–H groups in total. The number of aromatic nitrogens is 1. The Bertz CT molecular complexity index is 1180. The van der Waals surface area contributed by atoms with Crippen LogP contribution in [0.2, 0.25) is 10.0 Å². The lowest BCUT2D eigenvalue weighted by Gasteiger charge is -2.11. The van der Waals surface area contributed by atoms with E-state index < -0.39 is 17.5 Å². The highest BCUT2D eigenvalue weighted by Crippen LogP contribution is 2.37. The van der Waals surface area contributed by atoms with E-state index in [1.165, 1.54) is 14.2 Å². The number of nitrogens with zero attached hydrogens (tertiary/aromatic N) is 1. The number of hydrogen-bond donors (Lipinski definition) is 2. The van der Waals surface area contributed by atoms with Crippen molar-refractivity contribution in [3.05, 3.63) is 63.8 Å². The predicted molar refractivity (Wildman–Crippen MR) is 114 cm³/mol. The van der Waals surface area contributed by atoms with Gasteiger partial charge in [0.05, 0.1) is 19.7 Å². The van der Waals surface area contributed by atoms with Gasteiger partial charge in [-0.15, -0.1) is 0 Å². The second-order valence-corrected chi connectivity index (χ2v) is 7.17. The zero-order valence-electron chi connectivity index (χ0n) is 16.0. The minimum atomic E-state index is -1.67. The lowest BCUT2D eigenvalue weighted by atomic mass is 10.1. The van der Waals surface area contributed by atoms with Crippen molar-refractivity contribution in [1.29, 1.82) is 0 Å². The summed E-state index contributed by atoms with van der Waals surface area (Å²) in [4.78, 5) is 22.4. The van der Waals surface area contributed by atoms with Crippen LogP contribution in [-0.2, 0) is 16.1 Å². The maximum atomic E-state index is 11.5. The van der Waals surface area contributed by atoms with Crippen LogP contribution in [0.15, 0.2) is 42.6 Å². The topological polar surface area (TPSA) is 98.0 Å². The maximum Gasteiger partial charge on any atom is 0.376 e. The molecule has 0 fully saturated rings. The van der Waals surface area contributed by atoms with E-state index >= 15 is 0 Å². The Morgan fingerprint density at radius 1 is 1.07 bits per heavy atom. The van der Waals surface area contributed by atoms with E-state index in [0.29, 0.717) is 45.1 Å². The summed E-state index contributed by atoms with van der Waals surface area (Å²) in [7, 11) is 2.97. The molecule has 0 unspecified atom stereocenters. The van der Waals surface area contributed by atoms with Crippen molar-refractivity contribution in [2.45, 2.75) is 6.54 Å². The molecule has 0 radical (unpaired) electrons. The predicted octanol–water partition coefficient (Wildman–Crippen LogP) is 4.57. The number of aliphatic carboxylic acids is 1. The molecule has 7 nitrogen and oxygen atoms in total. The Morgan fingerprint density at radius 3 is 2.33 bits per heavy atom. The van der Waals surface area contributed by atoms with Gasteiger partial charge in [0.2, 0.25) is 0 Å². The molecule has 0 saturated carbocycles. The summed E-state index contributed by atoms with van der Waals surface area (Å²) in [6.45, 7) is 0.322. The van der Waals surface area contributed by atoms with E-state index in [-0.39, 0.29) is 5.56 Å². The number of carbonyl (C=O) groups is 2. The van der Waals surface area contributed by atoms with Gasteiger partial charge in [-0.2, -0.15) is 0 Å². The number of ketones is 1. The normalized spacial score (nSPS) is 11.5. The minimum absolute atomic E-state index is 0.255. The third-order valence-corrected chi connectivity index (χ3v) is 5.08. The molecule has 156 valence electrons. The maximum absolute atomic E-state index is 11.5. The average Bonchev–Trinajstić information content (AvgIpc) is 3.06. The van der Waals surface area contributed by atoms with Crippen LogP contribution in [0.5, 0.6) is 11.5 Å². The molecule has 1 aromatic heterocycles. The number of fused-ring (bicyclic) bond motifs is 1. The van der Waals surface area contributed by atoms with E-state index in [2.05, 4.69) is 0 Å². The number of carboxylic acid groups (broad SMARTS) is 1. The monoisotopic (exact) mass is 449 g/mol. The number of aliphatic hydroxyl groups is 1. The highest BCUT2D eigenvalue weighted by atomic mass is 35.5. The summed E-state index contributed by atoms with van der Waals surface area (Å²) in [5.41, 5.74) is 1.67. The van der Waals surface area contributed by atoms with Crippen LogP contribution >= 0.6 is 23.2 Å². The molecule has 3 aromatic rings. The van der Waals surface area contributed by atoms with Crippen LogP contribution in [0.1, 0.15) is 11.1 Å². The van der Waals surface area contributed by atoms with Gasteiger partial charge >= 0.3 is 5.97 Å². The SMILES string of the molecule is COc1cc2c(/C(O)=C/C(=O)C(=O)O)cn(Cc3ccc(Cl)cc3Cl)c2cc1OC. The van der Waals surface area contributed by atoms with Crippen LogP contribution in [0.3, 0.4) is 0 Å². The van der Waals surface area contributed by atoms with Gasteiger partial charge in [-0.1, -0.05) is 29.3 Å². The second-order valence-electron chi connectivity index (χ2n) is 6.33. The molecule has 0 amide bonds. The fourth-order valence-corrected chi connectivity index (χ4v) is 3.52. The molecule has 0 aliphatic rings. The Morgan fingerprint density at radius 2 is 1.73 bits per heavy atom. The average molecular weight is 450 g/mol. The number of carbonyl (C=O) groups excluding carboxylic acids is 1. The van der Waals surface area contributed by atoms with E-state index in [1.807, 2.05) is 0 Å². The first kappa shape index (κ1) is 21.5. The quantitative estimate of drug-likeness (QED) is 0.311. The lowest BCUT2D eigenvalue weighted by Crippen LogP contribution is -2.09. The Labute approximate surface area is 181 Å². The summed E-state index contributed by atoms with van der Waals surface area (Å²) in [5, 5.41) is 20.8. The molecule has 0 aliphatic heterocycles. The number of carboxylic acids is 1. The fourth-order valence-electron chi connectivity index (χ4n) is 3.05. The molecule has 9 heteroatoms. The third kappa shape index (κ3) is 4.22. The van der Waals surface area contributed by atoms with Gasteiger partial charge in [0.15, 0.2) is 11.5 Å². The van der Waals surface area contributed by atoms with Crippen LogP contribution in [0.4, 0.5) is 0 Å². The molecule has 3 rings (SSSR count). The van der Waals surface area contributed by atoms with Crippen LogP contribution in [0, 0.1) is 0 Å². The van der Waals surface area contributed by atoms with Gasteiger partial charge in [0.25, 0.3) is 5.78 Å². The Hall–Kier alpha value is -3.16. The first-order valence-corrected chi connectivity index (χ1v) is 9.37. The molecule has 0 saturated heterocycles. The molecular weight excluding hydrogens is 433 g/mol. The number of methoxy groups -OCH3 is 2. The first-order valence-electron chi connectivity index (χ1n) is 8.62. The number of benzene rings is 2. The summed E-state index contributed by atoms with van der Waals surface area (Å²) >= 11 is 12.3. The Kier molecular flexibility index (Phi) is 6.24. The van der Waals surface area contributed by atoms with Crippen molar-refractivity contribution < 1.29 is 29.3 Å². The lowest BCUT2D eigenvalue weighted by molar-refractivity contribution is -0.146. The second kappa shape index (κ2) is 8.69. The van der Waals surface area contributed by atoms with Gasteiger partial charge in [-0.05, 0) is 23.8 Å². The molecule has 0 spiro atoms. The van der Waals surface area contributed by atoms with Gasteiger partial charge in [0.1, 0.15) is 5.76 Å². The summed E-state index contributed by atoms with van der Waals surface area (Å²) in [6, 6.07) is 8.46. The van der Waals surface area contributed by atoms with Crippen molar-refractivity contribution in [3.8, 4) is 11.5 Å². The summed E-state index contributed by atoms with van der Waals surface area (Å²) < 4.78 is 12.5. The summed E-state index contributed by atoms with van der Waals surface area (Å²) in [5.74, 6) is -2.53. The highest BCUT2D eigenvalue weighted by molar-refractivity contribution is 6.38. The van der Waals surface area contributed by atoms with Crippen molar-refractivity contribution in [2.24, 2.45) is 0 Å². The summed E-state index contributed by atoms with van der Waals surface area (Å²) in [6.07, 6.45) is 2.25. The molecule has 30 heavy (non-hydrogen) atoms. The number of hydrogen-bond acceptors (Lipinski definition) is 5. The van der Waals surface area contributed by atoms with Crippen molar-refractivity contribution in [3.63, 3.8) is 0 Å². The standard InChI is InChI=1S/C21H17Cl2NO6/c1-29-19-6-13-14(17(25)8-18(26)21(27)28)10-24(16(13)7-20(19)30-2)9-11-3-4-12(22)5-15(11)23/h3-8,10,25H,9H2,1-2H3,(H,27,28)/b17-8-. The number of ether oxygens (including phenoxy) is 2. The van der Waals surface area contributed by atoms with Crippen LogP contribution in [-0.4, -0.2) is 40.8 Å². The van der Waals surface area contributed by atoms with Crippen molar-refractivity contribution in [2.75, 3.05) is 14.2 Å². The largest absolute Gasteiger partial charge is 0.507 e. The van der Waals surface area contributed by atoms with Crippen molar-refractivity contribution in [1.82, 2.24) is 4.57 Å². The smallest absolute Gasteiger partial charge is 0.376 e. The number of aliphatic hydroxyl groups excluding tert-OH is 1. The molecule has 2 aromatic carbocycles. The molecule has 1 heterocycles. The van der Waals surface area contributed by atoms with Gasteiger partial charge in [-0.3, -0.25) is 4.79 Å². The van der Waals surface area contributed by atoms with Gasteiger partial charge in [-0.25, -0.2) is 4.79 Å². The first-order chi connectivity index (χ1) is 14.2. The number of halogens is 2. The Balaban J connectivity index is 2.21. The zero-order chi connectivity index (χ0) is 22.0. The highest BCUT2D eigenvalue weighted by Gasteiger charge is 2.19. The van der Waals surface area contributed by atoms with Gasteiger partial charge < -0.3 is 24.3 Å². The molecule has 0 bridgehead atoms. The van der Waals surface area contributed by atoms with Crippen LogP contribution in [0.25, 0.3) is 16.7 Å². The van der Waals surface area contributed by atoms with Crippen molar-refractivity contribution >= 4 is 51.6 Å². The zero-order valence-corrected chi connectivity index (χ0v) is 17.5. The molecule has 0 aliphatic carbocycles. The van der Waals surface area contributed by atoms with E-state index in [9.17, 15) is 14.7 Å². The van der Waals surface area contributed by atoms with E-state index in [1.54, 1.807) is 41.1 Å². The van der Waals surface area contributed by atoms with Crippen LogP contribution < -0.4 is 9.47 Å². The molecular formula is C21H17Cl2NO6. The third-order valence-electron chi connectivity index (χ3n) is 4.50. The fraction of sp³-hybridized carbons (Fsp3) is 0.143. The minimum Gasteiger partial charge on any atom is -0.507 e. The number of rotatable bonds is 7. The van der Waals surface area contributed by atoms with Gasteiger partial charge in [0, 0.05) is 45.9 Å². The molecule has 0 atom stereocenters. The van der Waals surface area contributed by atoms with E-state index in [4.69, 9.17) is 37.8 Å².